The van der Waals surface area contributed by atoms with E-state index in [0.717, 1.165) is 54.5 Å². The maximum absolute atomic E-state index is 11.7. The number of carbonyl (C=O) groups is 1. The van der Waals surface area contributed by atoms with Crippen molar-refractivity contribution in [3.8, 4) is 5.75 Å². The number of amides is 1. The summed E-state index contributed by atoms with van der Waals surface area (Å²) in [5, 5.41) is 4.69. The number of carbonyl (C=O) groups excluding carboxylic acids is 1. The van der Waals surface area contributed by atoms with Crippen LogP contribution in [0.25, 0.3) is 10.9 Å². The number of pyridine rings is 1. The molecule has 0 saturated carbocycles. The number of aryl methyl sites for hydroxylation is 2. The number of aromatic amines is 1. The first-order chi connectivity index (χ1) is 16.4. The van der Waals surface area contributed by atoms with Gasteiger partial charge in [0.25, 0.3) is 0 Å². The molecule has 2 N–H and O–H groups in total. The number of H-pyrrole nitrogens is 1. The van der Waals surface area contributed by atoms with Gasteiger partial charge in [0.05, 0.1) is 6.54 Å². The van der Waals surface area contributed by atoms with E-state index in [9.17, 15) is 4.79 Å². The maximum atomic E-state index is 11.7. The van der Waals surface area contributed by atoms with Crippen molar-refractivity contribution in [3.63, 3.8) is 0 Å². The number of nitrogens with zero attached hydrogens (tertiary/aromatic N) is 3. The monoisotopic (exact) mass is 465 g/mol. The molecule has 0 atom stereocenters. The van der Waals surface area contributed by atoms with E-state index >= 15 is 0 Å². The molecule has 7 heteroatoms. The van der Waals surface area contributed by atoms with Crippen LogP contribution < -0.4 is 15.0 Å². The van der Waals surface area contributed by atoms with Gasteiger partial charge in [-0.2, -0.15) is 0 Å². The van der Waals surface area contributed by atoms with Crippen LogP contribution >= 0.6 is 0 Å². The van der Waals surface area contributed by atoms with Crippen molar-refractivity contribution in [2.24, 2.45) is 0 Å². The molecule has 7 nitrogen and oxygen atoms in total. The average molecular weight is 466 g/mol. The molecule has 0 bridgehead atoms. The molecule has 2 aromatic heterocycles. The lowest BCUT2D eigenvalue weighted by molar-refractivity contribution is -0.129. The summed E-state index contributed by atoms with van der Waals surface area (Å²) in [6.45, 7) is 15.7. The highest BCUT2D eigenvalue weighted by molar-refractivity contribution is 5.88. The molecule has 2 heterocycles. The third-order valence-corrected chi connectivity index (χ3v) is 6.13. The van der Waals surface area contributed by atoms with Crippen molar-refractivity contribution >= 4 is 34.1 Å². The second-order valence-electron chi connectivity index (χ2n) is 8.74. The largest absolute Gasteiger partial charge is 0.491 e. The van der Waals surface area contributed by atoms with Crippen molar-refractivity contribution in [1.29, 1.82) is 0 Å². The number of ether oxygens (including phenoxy) is 1. The third-order valence-electron chi connectivity index (χ3n) is 6.13. The van der Waals surface area contributed by atoms with Gasteiger partial charge < -0.3 is 24.8 Å². The Morgan fingerprint density at radius 2 is 1.79 bits per heavy atom. The number of hydrogen-bond acceptors (Lipinski definition) is 5. The number of likely N-dealkylation sites (N-methyl/N-ethyl adjacent to an activating group) is 1. The normalized spacial score (nSPS) is 11.0. The summed E-state index contributed by atoms with van der Waals surface area (Å²) < 4.78 is 6.10. The molecular formula is C27H39N5O2. The number of fused-ring (bicyclic) bond motifs is 1. The number of hydrogen-bond donors (Lipinski definition) is 2. The van der Waals surface area contributed by atoms with Crippen LogP contribution in [-0.2, 0) is 4.79 Å². The average Bonchev–Trinajstić information content (AvgIpc) is 3.09. The molecule has 0 aliphatic heterocycles. The van der Waals surface area contributed by atoms with Crippen LogP contribution in [0, 0.1) is 13.8 Å². The van der Waals surface area contributed by atoms with Gasteiger partial charge in [0.2, 0.25) is 5.91 Å². The molecule has 0 saturated heterocycles. The number of anilines is 3. The van der Waals surface area contributed by atoms with E-state index in [1.54, 1.807) is 11.8 Å². The number of nitrogens with one attached hydrogen (secondary N) is 2. The Morgan fingerprint density at radius 1 is 1.06 bits per heavy atom. The number of benzene rings is 1. The van der Waals surface area contributed by atoms with Gasteiger partial charge in [-0.05, 0) is 57.4 Å². The van der Waals surface area contributed by atoms with Crippen LogP contribution in [0.4, 0.5) is 17.3 Å². The van der Waals surface area contributed by atoms with Gasteiger partial charge in [0, 0.05) is 61.0 Å². The molecule has 0 aliphatic carbocycles. The van der Waals surface area contributed by atoms with Crippen LogP contribution in [0.5, 0.6) is 5.75 Å². The molecule has 0 unspecified atom stereocenters. The molecule has 0 spiro atoms. The third kappa shape index (κ3) is 6.22. The second-order valence-corrected chi connectivity index (χ2v) is 8.74. The summed E-state index contributed by atoms with van der Waals surface area (Å²) in [7, 11) is 0. The zero-order chi connectivity index (χ0) is 24.7. The van der Waals surface area contributed by atoms with E-state index in [4.69, 9.17) is 9.72 Å². The van der Waals surface area contributed by atoms with Gasteiger partial charge >= 0.3 is 0 Å². The SMILES string of the molecule is CCCN(CCC)c1cc(OCCN(CC)C(C)=O)cc(Nc2ccc3[nH]c(C)c(C)c3c2)n1. The van der Waals surface area contributed by atoms with E-state index in [-0.39, 0.29) is 5.91 Å². The molecule has 0 fully saturated rings. The van der Waals surface area contributed by atoms with E-state index in [2.05, 4.69) is 61.1 Å². The second kappa shape index (κ2) is 11.8. The van der Waals surface area contributed by atoms with Crippen molar-refractivity contribution in [2.75, 3.05) is 43.0 Å². The Hall–Kier alpha value is -3.22. The lowest BCUT2D eigenvalue weighted by atomic mass is 10.1. The van der Waals surface area contributed by atoms with Gasteiger partial charge in [0.1, 0.15) is 24.0 Å². The molecule has 1 amide bonds. The highest BCUT2D eigenvalue weighted by Crippen LogP contribution is 2.29. The molecule has 3 rings (SSSR count). The molecule has 34 heavy (non-hydrogen) atoms. The van der Waals surface area contributed by atoms with Gasteiger partial charge in [-0.1, -0.05) is 13.8 Å². The summed E-state index contributed by atoms with van der Waals surface area (Å²) in [5.41, 5.74) is 4.56. The fourth-order valence-electron chi connectivity index (χ4n) is 4.18. The molecular weight excluding hydrogens is 426 g/mol. The van der Waals surface area contributed by atoms with Gasteiger partial charge in [0.15, 0.2) is 0 Å². The molecule has 1 aromatic carbocycles. The molecule has 0 radical (unpaired) electrons. The van der Waals surface area contributed by atoms with Crippen LogP contribution in [0.2, 0.25) is 0 Å². The zero-order valence-corrected chi connectivity index (χ0v) is 21.5. The Morgan fingerprint density at radius 3 is 2.44 bits per heavy atom. The van der Waals surface area contributed by atoms with E-state index in [1.807, 2.05) is 19.1 Å². The zero-order valence-electron chi connectivity index (χ0n) is 21.5. The Kier molecular flexibility index (Phi) is 8.79. The molecule has 3 aromatic rings. The van der Waals surface area contributed by atoms with Crippen LogP contribution in [0.3, 0.4) is 0 Å². The van der Waals surface area contributed by atoms with Crippen LogP contribution in [-0.4, -0.2) is 53.6 Å². The first-order valence-corrected chi connectivity index (χ1v) is 12.4. The maximum Gasteiger partial charge on any atom is 0.219 e. The van der Waals surface area contributed by atoms with Crippen molar-refractivity contribution in [3.05, 3.63) is 41.6 Å². The summed E-state index contributed by atoms with van der Waals surface area (Å²) >= 11 is 0. The highest BCUT2D eigenvalue weighted by atomic mass is 16.5. The predicted octanol–water partition coefficient (Wildman–Crippen LogP) is 5.80. The minimum Gasteiger partial charge on any atom is -0.491 e. The standard InChI is InChI=1S/C27H39N5O2/c1-7-12-32(13-8-2)27-18-23(34-15-14-31(9-3)21(6)33)17-26(30-27)29-22-10-11-25-24(16-22)19(4)20(5)28-25/h10-11,16-18,28H,7-9,12-15H2,1-6H3,(H,29,30). The van der Waals surface area contributed by atoms with E-state index in [0.29, 0.717) is 19.7 Å². The van der Waals surface area contributed by atoms with Crippen molar-refractivity contribution < 1.29 is 9.53 Å². The summed E-state index contributed by atoms with van der Waals surface area (Å²) in [6, 6.07) is 10.3. The lowest BCUT2D eigenvalue weighted by Gasteiger charge is -2.24. The first kappa shape index (κ1) is 25.4. The Bertz CT molecular complexity index is 1100. The summed E-state index contributed by atoms with van der Waals surface area (Å²) in [5.74, 6) is 2.45. The molecule has 0 aliphatic rings. The first-order valence-electron chi connectivity index (χ1n) is 12.4. The Labute approximate surface area is 203 Å². The fourth-order valence-corrected chi connectivity index (χ4v) is 4.18. The van der Waals surface area contributed by atoms with Crippen molar-refractivity contribution in [1.82, 2.24) is 14.9 Å². The predicted molar refractivity (Wildman–Crippen MR) is 142 cm³/mol. The summed E-state index contributed by atoms with van der Waals surface area (Å²) in [6.07, 6.45) is 2.09. The smallest absolute Gasteiger partial charge is 0.219 e. The highest BCUT2D eigenvalue weighted by Gasteiger charge is 2.13. The van der Waals surface area contributed by atoms with E-state index < -0.39 is 0 Å². The number of rotatable bonds is 12. The van der Waals surface area contributed by atoms with Crippen molar-refractivity contribution in [2.45, 2.75) is 54.4 Å². The van der Waals surface area contributed by atoms with Crippen LogP contribution in [0.15, 0.2) is 30.3 Å². The van der Waals surface area contributed by atoms with Gasteiger partial charge in [-0.3, -0.25) is 4.79 Å². The van der Waals surface area contributed by atoms with E-state index in [1.165, 1.54) is 16.6 Å². The topological polar surface area (TPSA) is 73.5 Å². The fraction of sp³-hybridized carbons (Fsp3) is 0.481. The lowest BCUT2D eigenvalue weighted by Crippen LogP contribution is -2.32. The van der Waals surface area contributed by atoms with Gasteiger partial charge in [-0.15, -0.1) is 0 Å². The minimum absolute atomic E-state index is 0.0617. The Balaban J connectivity index is 1.88. The minimum atomic E-state index is 0.0617. The summed E-state index contributed by atoms with van der Waals surface area (Å²) in [4.78, 5) is 24.1. The van der Waals surface area contributed by atoms with Gasteiger partial charge in [-0.25, -0.2) is 4.98 Å². The van der Waals surface area contributed by atoms with Crippen LogP contribution in [0.1, 0.15) is 51.8 Å². The molecule has 184 valence electrons. The number of aromatic nitrogens is 2. The quantitative estimate of drug-likeness (QED) is 0.354.